The molecule has 0 aliphatic rings. The minimum Gasteiger partial charge on any atom is -0.306 e. The predicted molar refractivity (Wildman–Crippen MR) is 55.6 cm³/mol. The Bertz CT molecular complexity index is 226. The quantitative estimate of drug-likeness (QED) is 0.704. The molecule has 0 unspecified atom stereocenters. The fraction of sp³-hybridized carbons (Fsp3) is 0.400. The van der Waals surface area contributed by atoms with Gasteiger partial charge in [-0.1, -0.05) is 18.2 Å². The molecular formula is C10H15NS. The summed E-state index contributed by atoms with van der Waals surface area (Å²) in [6.07, 6.45) is 4.19. The first kappa shape index (κ1) is 9.49. The number of nitrogens with one attached hydrogen (secondary N) is 1. The van der Waals surface area contributed by atoms with Crippen LogP contribution in [0.2, 0.25) is 0 Å². The van der Waals surface area contributed by atoms with Gasteiger partial charge in [0.15, 0.2) is 0 Å². The van der Waals surface area contributed by atoms with Gasteiger partial charge in [-0.3, -0.25) is 0 Å². The van der Waals surface area contributed by atoms with Crippen molar-refractivity contribution in [3.8, 4) is 0 Å². The normalized spacial score (nSPS) is 13.8. The summed E-state index contributed by atoms with van der Waals surface area (Å²) in [4.78, 5) is 1.40. The van der Waals surface area contributed by atoms with Gasteiger partial charge >= 0.3 is 0 Å². The van der Waals surface area contributed by atoms with Gasteiger partial charge in [0.2, 0.25) is 0 Å². The zero-order valence-electron chi connectivity index (χ0n) is 7.58. The van der Waals surface area contributed by atoms with Crippen molar-refractivity contribution in [1.82, 2.24) is 5.32 Å². The van der Waals surface area contributed by atoms with Crippen LogP contribution < -0.4 is 5.32 Å². The highest BCUT2D eigenvalue weighted by atomic mass is 32.1. The van der Waals surface area contributed by atoms with Crippen LogP contribution in [-0.2, 0) is 0 Å². The highest BCUT2D eigenvalue weighted by Gasteiger charge is 2.02. The smallest absolute Gasteiger partial charge is 0.0388 e. The second-order valence-electron chi connectivity index (χ2n) is 2.71. The van der Waals surface area contributed by atoms with E-state index < -0.39 is 0 Å². The molecule has 12 heavy (non-hydrogen) atoms. The highest BCUT2D eigenvalue weighted by Crippen LogP contribution is 2.17. The van der Waals surface area contributed by atoms with Crippen molar-refractivity contribution < 1.29 is 0 Å². The first-order chi connectivity index (χ1) is 5.84. The maximum absolute atomic E-state index is 3.41. The molecule has 1 rings (SSSR count). The summed E-state index contributed by atoms with van der Waals surface area (Å²) in [5, 5.41) is 5.52. The third-order valence-corrected chi connectivity index (χ3v) is 2.80. The van der Waals surface area contributed by atoms with Crippen LogP contribution in [0, 0.1) is 0 Å². The summed E-state index contributed by atoms with van der Waals surface area (Å²) in [6, 6.07) is 4.73. The molecule has 1 atom stereocenters. The minimum absolute atomic E-state index is 0.473. The van der Waals surface area contributed by atoms with Crippen LogP contribution in [0.1, 0.15) is 24.8 Å². The Balaban J connectivity index is 2.34. The van der Waals surface area contributed by atoms with E-state index in [4.69, 9.17) is 0 Å². The van der Waals surface area contributed by atoms with Crippen LogP contribution in [0.25, 0.3) is 0 Å². The molecule has 0 radical (unpaired) electrons. The molecule has 2 heteroatoms. The lowest BCUT2D eigenvalue weighted by atomic mass is 10.3. The standard InChI is InChI=1S/C10H15NS/c1-3-4-7-11-9(2)10-6-5-8-12-10/h3-6,8-9,11H,7H2,1-2H3/b4-3+/t9-/m0/s1. The van der Waals surface area contributed by atoms with Gasteiger partial charge in [-0.05, 0) is 25.3 Å². The summed E-state index contributed by atoms with van der Waals surface area (Å²) >= 11 is 1.80. The monoisotopic (exact) mass is 181 g/mol. The number of thiophene rings is 1. The van der Waals surface area contributed by atoms with Gasteiger partial charge in [0.05, 0.1) is 0 Å². The molecule has 0 bridgehead atoms. The summed E-state index contributed by atoms with van der Waals surface area (Å²) in [6.45, 7) is 5.18. The van der Waals surface area contributed by atoms with Crippen LogP contribution in [0.3, 0.4) is 0 Å². The summed E-state index contributed by atoms with van der Waals surface area (Å²) in [5.74, 6) is 0. The van der Waals surface area contributed by atoms with Crippen molar-refractivity contribution in [1.29, 1.82) is 0 Å². The third-order valence-electron chi connectivity index (χ3n) is 1.75. The first-order valence-corrected chi connectivity index (χ1v) is 5.10. The van der Waals surface area contributed by atoms with E-state index in [9.17, 15) is 0 Å². The van der Waals surface area contributed by atoms with Gasteiger partial charge in [0, 0.05) is 17.5 Å². The molecule has 0 aliphatic heterocycles. The maximum atomic E-state index is 3.41. The predicted octanol–water partition coefficient (Wildman–Crippen LogP) is 2.97. The van der Waals surface area contributed by atoms with Gasteiger partial charge in [0.25, 0.3) is 0 Å². The van der Waals surface area contributed by atoms with E-state index in [1.54, 1.807) is 11.3 Å². The van der Waals surface area contributed by atoms with Crippen molar-refractivity contribution in [2.45, 2.75) is 19.9 Å². The minimum atomic E-state index is 0.473. The molecule has 0 aromatic carbocycles. The van der Waals surface area contributed by atoms with Crippen LogP contribution in [-0.4, -0.2) is 6.54 Å². The molecule has 1 nitrogen and oxygen atoms in total. The first-order valence-electron chi connectivity index (χ1n) is 4.22. The number of hydrogen-bond acceptors (Lipinski definition) is 2. The van der Waals surface area contributed by atoms with Crippen LogP contribution in [0.15, 0.2) is 29.7 Å². The molecule has 1 aromatic heterocycles. The Morgan fingerprint density at radius 2 is 2.50 bits per heavy atom. The molecule has 0 spiro atoms. The number of hydrogen-bond donors (Lipinski definition) is 1. The lowest BCUT2D eigenvalue weighted by molar-refractivity contribution is 0.627. The second kappa shape index (κ2) is 5.12. The Labute approximate surface area is 78.1 Å². The fourth-order valence-electron chi connectivity index (χ4n) is 1.00. The van der Waals surface area contributed by atoms with Gasteiger partial charge < -0.3 is 5.32 Å². The zero-order chi connectivity index (χ0) is 8.81. The molecule has 66 valence electrons. The van der Waals surface area contributed by atoms with E-state index in [0.717, 1.165) is 6.54 Å². The molecule has 0 saturated heterocycles. The van der Waals surface area contributed by atoms with Gasteiger partial charge in [-0.25, -0.2) is 0 Å². The van der Waals surface area contributed by atoms with Gasteiger partial charge in [0.1, 0.15) is 0 Å². The molecule has 1 N–H and O–H groups in total. The molecule has 1 aromatic rings. The third kappa shape index (κ3) is 2.80. The summed E-state index contributed by atoms with van der Waals surface area (Å²) in [5.41, 5.74) is 0. The van der Waals surface area contributed by atoms with E-state index in [-0.39, 0.29) is 0 Å². The number of rotatable bonds is 4. The van der Waals surface area contributed by atoms with Gasteiger partial charge in [-0.2, -0.15) is 0 Å². The molecule has 0 aliphatic carbocycles. The van der Waals surface area contributed by atoms with Crippen LogP contribution in [0.4, 0.5) is 0 Å². The SMILES string of the molecule is C/C=C/CN[C@@H](C)c1cccs1. The van der Waals surface area contributed by atoms with Crippen molar-refractivity contribution in [2.75, 3.05) is 6.54 Å². The Hall–Kier alpha value is -0.600. The number of allylic oxidation sites excluding steroid dienone is 1. The maximum Gasteiger partial charge on any atom is 0.0388 e. The van der Waals surface area contributed by atoms with Crippen molar-refractivity contribution in [2.24, 2.45) is 0 Å². The van der Waals surface area contributed by atoms with E-state index >= 15 is 0 Å². The topological polar surface area (TPSA) is 12.0 Å². The average molecular weight is 181 g/mol. The van der Waals surface area contributed by atoms with E-state index in [1.165, 1.54) is 4.88 Å². The van der Waals surface area contributed by atoms with Crippen LogP contribution in [0.5, 0.6) is 0 Å². The average Bonchev–Trinajstić information content (AvgIpc) is 2.56. The van der Waals surface area contributed by atoms with Crippen molar-refractivity contribution in [3.63, 3.8) is 0 Å². The molecule has 0 fully saturated rings. The van der Waals surface area contributed by atoms with Crippen LogP contribution >= 0.6 is 11.3 Å². The summed E-state index contributed by atoms with van der Waals surface area (Å²) < 4.78 is 0. The fourth-order valence-corrected chi connectivity index (χ4v) is 1.76. The zero-order valence-corrected chi connectivity index (χ0v) is 8.40. The molecular weight excluding hydrogens is 166 g/mol. The Morgan fingerprint density at radius 1 is 1.67 bits per heavy atom. The van der Waals surface area contributed by atoms with E-state index in [2.05, 4.69) is 41.9 Å². The summed E-state index contributed by atoms with van der Waals surface area (Å²) in [7, 11) is 0. The molecule has 0 saturated carbocycles. The highest BCUT2D eigenvalue weighted by molar-refractivity contribution is 7.10. The Morgan fingerprint density at radius 3 is 3.08 bits per heavy atom. The van der Waals surface area contributed by atoms with E-state index in [0.29, 0.717) is 6.04 Å². The molecule has 1 heterocycles. The molecule has 0 amide bonds. The van der Waals surface area contributed by atoms with E-state index in [1.807, 2.05) is 6.92 Å². The van der Waals surface area contributed by atoms with Gasteiger partial charge in [-0.15, -0.1) is 11.3 Å². The van der Waals surface area contributed by atoms with Crippen molar-refractivity contribution >= 4 is 11.3 Å². The largest absolute Gasteiger partial charge is 0.306 e. The Kier molecular flexibility index (Phi) is 4.05. The lowest BCUT2D eigenvalue weighted by Crippen LogP contribution is -2.17. The van der Waals surface area contributed by atoms with Crippen molar-refractivity contribution in [3.05, 3.63) is 34.5 Å². The second-order valence-corrected chi connectivity index (χ2v) is 3.69. The lowest BCUT2D eigenvalue weighted by Gasteiger charge is -2.09.